The number of ether oxygens (including phenoxy) is 1. The molecule has 0 bridgehead atoms. The molecule has 6 heteroatoms. The number of carbonyl (C=O) groups excluding carboxylic acids is 1. The maximum absolute atomic E-state index is 12.1. The van der Waals surface area contributed by atoms with Crippen molar-refractivity contribution in [2.75, 3.05) is 5.32 Å². The van der Waals surface area contributed by atoms with Crippen LogP contribution in [0.3, 0.4) is 0 Å². The Labute approximate surface area is 150 Å². The zero-order chi connectivity index (χ0) is 19.2. The van der Waals surface area contributed by atoms with Gasteiger partial charge < -0.3 is 10.1 Å². The lowest BCUT2D eigenvalue weighted by molar-refractivity contribution is -0.274. The summed E-state index contributed by atoms with van der Waals surface area (Å²) in [4.78, 5) is 11.9. The number of hydrogen-bond acceptors (Lipinski definition) is 2. The largest absolute Gasteiger partial charge is 0.573 e. The van der Waals surface area contributed by atoms with Crippen molar-refractivity contribution in [3.05, 3.63) is 65.7 Å². The Kier molecular flexibility index (Phi) is 6.44. The molecule has 138 valence electrons. The lowest BCUT2D eigenvalue weighted by Gasteiger charge is -2.09. The number of halogens is 3. The second kappa shape index (κ2) is 8.56. The fourth-order valence-electron chi connectivity index (χ4n) is 2.33. The van der Waals surface area contributed by atoms with Crippen LogP contribution in [0.25, 0.3) is 6.08 Å². The summed E-state index contributed by atoms with van der Waals surface area (Å²) in [5, 5.41) is 2.58. The van der Waals surface area contributed by atoms with Crippen LogP contribution in [0.1, 0.15) is 25.0 Å². The minimum atomic E-state index is -4.74. The molecule has 1 amide bonds. The first-order valence-corrected chi connectivity index (χ1v) is 8.15. The standard InChI is InChI=1S/C20H20F3NO2/c1-14(2)13-16-5-3-15(4-6-16)7-12-19(25)24-17-8-10-18(11-9-17)26-20(21,22)23/h3-12,14H,13H2,1-2H3,(H,24,25). The average molecular weight is 363 g/mol. The highest BCUT2D eigenvalue weighted by Gasteiger charge is 2.30. The smallest absolute Gasteiger partial charge is 0.406 e. The highest BCUT2D eigenvalue weighted by molar-refractivity contribution is 6.01. The molecule has 0 aliphatic rings. The third kappa shape index (κ3) is 7.01. The van der Waals surface area contributed by atoms with Gasteiger partial charge in [0, 0.05) is 11.8 Å². The van der Waals surface area contributed by atoms with Gasteiger partial charge in [-0.25, -0.2) is 0 Å². The van der Waals surface area contributed by atoms with Crippen molar-refractivity contribution in [2.24, 2.45) is 5.92 Å². The molecule has 0 heterocycles. The molecular weight excluding hydrogens is 343 g/mol. The lowest BCUT2D eigenvalue weighted by atomic mass is 10.0. The second-order valence-electron chi connectivity index (χ2n) is 6.23. The predicted molar refractivity (Wildman–Crippen MR) is 95.8 cm³/mol. The molecule has 2 rings (SSSR count). The van der Waals surface area contributed by atoms with Crippen LogP contribution in [-0.2, 0) is 11.2 Å². The zero-order valence-corrected chi connectivity index (χ0v) is 14.5. The van der Waals surface area contributed by atoms with E-state index in [9.17, 15) is 18.0 Å². The maximum atomic E-state index is 12.1. The Bertz CT molecular complexity index is 748. The topological polar surface area (TPSA) is 38.3 Å². The van der Waals surface area contributed by atoms with Crippen molar-refractivity contribution >= 4 is 17.7 Å². The van der Waals surface area contributed by atoms with Crippen molar-refractivity contribution in [3.8, 4) is 5.75 Å². The number of nitrogens with one attached hydrogen (secondary N) is 1. The second-order valence-corrected chi connectivity index (χ2v) is 6.23. The minimum absolute atomic E-state index is 0.340. The van der Waals surface area contributed by atoms with Gasteiger partial charge in [0.2, 0.25) is 5.91 Å². The van der Waals surface area contributed by atoms with Gasteiger partial charge in [0.15, 0.2) is 0 Å². The number of carbonyl (C=O) groups is 1. The first kappa shape index (κ1) is 19.6. The van der Waals surface area contributed by atoms with Crippen LogP contribution >= 0.6 is 0 Å². The summed E-state index contributed by atoms with van der Waals surface area (Å²) in [6.07, 6.45) is -0.691. The molecule has 0 fully saturated rings. The molecule has 3 nitrogen and oxygen atoms in total. The average Bonchev–Trinajstić information content (AvgIpc) is 2.54. The van der Waals surface area contributed by atoms with E-state index in [4.69, 9.17) is 0 Å². The van der Waals surface area contributed by atoms with E-state index >= 15 is 0 Å². The third-order valence-electron chi connectivity index (χ3n) is 3.41. The van der Waals surface area contributed by atoms with Crippen molar-refractivity contribution < 1.29 is 22.7 Å². The summed E-state index contributed by atoms with van der Waals surface area (Å²) < 4.78 is 40.1. The summed E-state index contributed by atoms with van der Waals surface area (Å²) in [6.45, 7) is 4.31. The van der Waals surface area contributed by atoms with Crippen molar-refractivity contribution in [1.82, 2.24) is 0 Å². The van der Waals surface area contributed by atoms with Gasteiger partial charge in [0.25, 0.3) is 0 Å². The molecule has 1 N–H and O–H groups in total. The fourth-order valence-corrected chi connectivity index (χ4v) is 2.33. The van der Waals surface area contributed by atoms with Crippen LogP contribution in [0.15, 0.2) is 54.6 Å². The summed E-state index contributed by atoms with van der Waals surface area (Å²) in [7, 11) is 0. The van der Waals surface area contributed by atoms with Gasteiger partial charge in [-0.3, -0.25) is 4.79 Å². The van der Waals surface area contributed by atoms with E-state index in [2.05, 4.69) is 23.9 Å². The molecule has 0 atom stereocenters. The van der Waals surface area contributed by atoms with Crippen LogP contribution in [0.5, 0.6) is 5.75 Å². The summed E-state index contributed by atoms with van der Waals surface area (Å²) in [6, 6.07) is 12.9. The highest BCUT2D eigenvalue weighted by Crippen LogP contribution is 2.24. The Balaban J connectivity index is 1.90. The predicted octanol–water partition coefficient (Wildman–Crippen LogP) is 5.44. The Hall–Kier alpha value is -2.76. The molecule has 0 aliphatic carbocycles. The number of alkyl halides is 3. The Morgan fingerprint density at radius 2 is 1.69 bits per heavy atom. The quantitative estimate of drug-likeness (QED) is 0.695. The maximum Gasteiger partial charge on any atom is 0.573 e. The van der Waals surface area contributed by atoms with Crippen LogP contribution in [0.4, 0.5) is 18.9 Å². The molecule has 0 unspecified atom stereocenters. The van der Waals surface area contributed by atoms with Crippen molar-refractivity contribution in [1.29, 1.82) is 0 Å². The summed E-state index contributed by atoms with van der Waals surface area (Å²) >= 11 is 0. The molecule has 0 aliphatic heterocycles. The van der Waals surface area contributed by atoms with E-state index in [1.54, 1.807) is 6.08 Å². The third-order valence-corrected chi connectivity index (χ3v) is 3.41. The molecule has 0 aromatic heterocycles. The van der Waals surface area contributed by atoms with Gasteiger partial charge in [0.1, 0.15) is 5.75 Å². The first-order valence-electron chi connectivity index (χ1n) is 8.15. The van der Waals surface area contributed by atoms with E-state index in [0.717, 1.165) is 24.1 Å². The number of benzene rings is 2. The van der Waals surface area contributed by atoms with Crippen LogP contribution in [0, 0.1) is 5.92 Å². The van der Waals surface area contributed by atoms with Gasteiger partial charge in [0.05, 0.1) is 0 Å². The SMILES string of the molecule is CC(C)Cc1ccc(C=CC(=O)Nc2ccc(OC(F)(F)F)cc2)cc1. The molecular formula is C20H20F3NO2. The van der Waals surface area contributed by atoms with Gasteiger partial charge in [-0.15, -0.1) is 13.2 Å². The van der Waals surface area contributed by atoms with Crippen molar-refractivity contribution in [3.63, 3.8) is 0 Å². The number of amides is 1. The van der Waals surface area contributed by atoms with Crippen LogP contribution < -0.4 is 10.1 Å². The number of rotatable bonds is 6. The molecule has 0 saturated carbocycles. The van der Waals surface area contributed by atoms with E-state index in [0.29, 0.717) is 11.6 Å². The van der Waals surface area contributed by atoms with Crippen molar-refractivity contribution in [2.45, 2.75) is 26.6 Å². The van der Waals surface area contributed by atoms with Gasteiger partial charge in [-0.1, -0.05) is 38.1 Å². The van der Waals surface area contributed by atoms with Gasteiger partial charge >= 0.3 is 6.36 Å². The first-order chi connectivity index (χ1) is 12.2. The molecule has 0 saturated heterocycles. The highest BCUT2D eigenvalue weighted by atomic mass is 19.4. The van der Waals surface area contributed by atoms with E-state index in [-0.39, 0.29) is 11.7 Å². The molecule has 2 aromatic carbocycles. The normalized spacial score (nSPS) is 11.8. The molecule has 0 spiro atoms. The van der Waals surface area contributed by atoms with Crippen LogP contribution in [-0.4, -0.2) is 12.3 Å². The fraction of sp³-hybridized carbons (Fsp3) is 0.250. The summed E-state index contributed by atoms with van der Waals surface area (Å²) in [5.41, 5.74) is 2.51. The molecule has 2 aromatic rings. The van der Waals surface area contributed by atoms with E-state index in [1.807, 2.05) is 24.3 Å². The lowest BCUT2D eigenvalue weighted by Crippen LogP contribution is -2.17. The Morgan fingerprint density at radius 1 is 1.08 bits per heavy atom. The number of hydrogen-bond donors (Lipinski definition) is 1. The zero-order valence-electron chi connectivity index (χ0n) is 14.5. The monoisotopic (exact) mass is 363 g/mol. The van der Waals surface area contributed by atoms with E-state index in [1.165, 1.54) is 23.8 Å². The van der Waals surface area contributed by atoms with Gasteiger partial charge in [-0.2, -0.15) is 0 Å². The summed E-state index contributed by atoms with van der Waals surface area (Å²) in [5.74, 6) is -0.136. The minimum Gasteiger partial charge on any atom is -0.406 e. The number of anilines is 1. The molecule has 26 heavy (non-hydrogen) atoms. The molecule has 0 radical (unpaired) electrons. The van der Waals surface area contributed by atoms with E-state index < -0.39 is 6.36 Å². The van der Waals surface area contributed by atoms with Crippen LogP contribution in [0.2, 0.25) is 0 Å². The van der Waals surface area contributed by atoms with Gasteiger partial charge in [-0.05, 0) is 53.8 Å². The Morgan fingerprint density at radius 3 is 2.23 bits per heavy atom.